The lowest BCUT2D eigenvalue weighted by Gasteiger charge is -2.03. The molecule has 0 fully saturated rings. The minimum absolute atomic E-state index is 0.131. The molecule has 0 bridgehead atoms. The van der Waals surface area contributed by atoms with E-state index < -0.39 is 0 Å². The molecule has 0 saturated carbocycles. The van der Waals surface area contributed by atoms with E-state index in [1.54, 1.807) is 18.2 Å². The van der Waals surface area contributed by atoms with Crippen LogP contribution in [0.25, 0.3) is 0 Å². The van der Waals surface area contributed by atoms with Gasteiger partial charge in [0.2, 0.25) is 5.91 Å². The van der Waals surface area contributed by atoms with Crippen LogP contribution in [0.5, 0.6) is 0 Å². The van der Waals surface area contributed by atoms with Crippen molar-refractivity contribution >= 4 is 11.6 Å². The topological polar surface area (TPSA) is 52.9 Å². The van der Waals surface area contributed by atoms with Gasteiger partial charge >= 0.3 is 0 Å². The van der Waals surface area contributed by atoms with Crippen molar-refractivity contribution in [3.05, 3.63) is 41.5 Å². The molecule has 1 aromatic rings. The van der Waals surface area contributed by atoms with E-state index in [4.69, 9.17) is 5.26 Å². The van der Waals surface area contributed by atoms with E-state index in [0.717, 1.165) is 16.8 Å². The summed E-state index contributed by atoms with van der Waals surface area (Å²) in [4.78, 5) is 11.4. The Morgan fingerprint density at radius 1 is 1.38 bits per heavy atom. The summed E-state index contributed by atoms with van der Waals surface area (Å²) in [6.07, 6.45) is 1.94. The summed E-state index contributed by atoms with van der Waals surface area (Å²) in [5.74, 6) is -0.131. The Kier molecular flexibility index (Phi) is 4.28. The molecule has 0 aliphatic heterocycles. The summed E-state index contributed by atoms with van der Waals surface area (Å²) in [5, 5.41) is 11.3. The smallest absolute Gasteiger partial charge is 0.248 e. The number of carbonyl (C=O) groups is 1. The summed E-state index contributed by atoms with van der Waals surface area (Å²) in [6.45, 7) is 3.74. The molecule has 0 aliphatic carbocycles. The highest BCUT2D eigenvalue weighted by Crippen LogP contribution is 2.10. The second-order valence-corrected chi connectivity index (χ2v) is 3.74. The molecular formula is C13H14N2O. The number of anilines is 1. The van der Waals surface area contributed by atoms with Crippen molar-refractivity contribution in [2.45, 2.75) is 20.3 Å². The van der Waals surface area contributed by atoms with Gasteiger partial charge in [-0.1, -0.05) is 17.7 Å². The zero-order valence-corrected chi connectivity index (χ0v) is 9.45. The Hall–Kier alpha value is -2.08. The number of amides is 1. The van der Waals surface area contributed by atoms with Crippen molar-refractivity contribution in [3.8, 4) is 6.07 Å². The molecule has 0 aromatic heterocycles. The first kappa shape index (κ1) is 12.0. The van der Waals surface area contributed by atoms with Gasteiger partial charge < -0.3 is 5.32 Å². The molecule has 0 aliphatic rings. The number of carbonyl (C=O) groups excluding carboxylic acids is 1. The van der Waals surface area contributed by atoms with E-state index >= 15 is 0 Å². The fourth-order valence-corrected chi connectivity index (χ4v) is 1.24. The third kappa shape index (κ3) is 3.97. The largest absolute Gasteiger partial charge is 0.323 e. The standard InChI is InChI=1S/C13H14N2O/c1-10(2)9-13(16)15-12-5-3-11(4-6-12)7-8-14/h3-6,9H,7H2,1-2H3,(H,15,16). The van der Waals surface area contributed by atoms with Gasteiger partial charge in [-0.15, -0.1) is 0 Å². The van der Waals surface area contributed by atoms with E-state index in [9.17, 15) is 4.79 Å². The van der Waals surface area contributed by atoms with Gasteiger partial charge in [0, 0.05) is 11.8 Å². The lowest BCUT2D eigenvalue weighted by molar-refractivity contribution is -0.111. The first-order valence-electron chi connectivity index (χ1n) is 5.03. The number of nitrogens with zero attached hydrogens (tertiary/aromatic N) is 1. The van der Waals surface area contributed by atoms with Crippen LogP contribution >= 0.6 is 0 Å². The number of rotatable bonds is 3. The Labute approximate surface area is 95.4 Å². The Morgan fingerprint density at radius 2 is 2.00 bits per heavy atom. The number of allylic oxidation sites excluding steroid dienone is 1. The molecule has 1 N–H and O–H groups in total. The van der Waals surface area contributed by atoms with E-state index in [0.29, 0.717) is 6.42 Å². The fraction of sp³-hybridized carbons (Fsp3) is 0.231. The lowest BCUT2D eigenvalue weighted by atomic mass is 10.1. The SMILES string of the molecule is CC(C)=CC(=O)Nc1ccc(CC#N)cc1. The molecule has 3 heteroatoms. The maximum absolute atomic E-state index is 11.4. The maximum atomic E-state index is 11.4. The van der Waals surface area contributed by atoms with Crippen LogP contribution < -0.4 is 5.32 Å². The van der Waals surface area contributed by atoms with Crippen LogP contribution in [-0.4, -0.2) is 5.91 Å². The van der Waals surface area contributed by atoms with Gasteiger partial charge in [-0.3, -0.25) is 4.79 Å². The van der Waals surface area contributed by atoms with Gasteiger partial charge in [0.1, 0.15) is 0 Å². The molecule has 0 radical (unpaired) electrons. The zero-order chi connectivity index (χ0) is 12.0. The molecule has 16 heavy (non-hydrogen) atoms. The van der Waals surface area contributed by atoms with E-state index in [2.05, 4.69) is 11.4 Å². The predicted molar refractivity (Wildman–Crippen MR) is 63.8 cm³/mol. The van der Waals surface area contributed by atoms with Crippen LogP contribution in [0, 0.1) is 11.3 Å². The second kappa shape index (κ2) is 5.72. The highest BCUT2D eigenvalue weighted by Gasteiger charge is 1.98. The van der Waals surface area contributed by atoms with Gasteiger partial charge in [0.15, 0.2) is 0 Å². The summed E-state index contributed by atoms with van der Waals surface area (Å²) in [7, 11) is 0. The zero-order valence-electron chi connectivity index (χ0n) is 9.45. The van der Waals surface area contributed by atoms with Crippen LogP contribution in [0.1, 0.15) is 19.4 Å². The molecule has 1 aromatic carbocycles. The van der Waals surface area contributed by atoms with Crippen LogP contribution in [-0.2, 0) is 11.2 Å². The Bertz CT molecular complexity index is 434. The maximum Gasteiger partial charge on any atom is 0.248 e. The quantitative estimate of drug-likeness (QED) is 0.786. The number of nitrogens with one attached hydrogen (secondary N) is 1. The molecule has 0 saturated heterocycles. The summed E-state index contributed by atoms with van der Waals surface area (Å²) in [6, 6.07) is 9.33. The molecule has 0 unspecified atom stereocenters. The Balaban J connectivity index is 2.66. The minimum Gasteiger partial charge on any atom is -0.323 e. The van der Waals surface area contributed by atoms with Crippen LogP contribution in [0.15, 0.2) is 35.9 Å². The van der Waals surface area contributed by atoms with Gasteiger partial charge in [-0.25, -0.2) is 0 Å². The third-order valence-corrected chi connectivity index (χ3v) is 1.92. The molecule has 82 valence electrons. The average molecular weight is 214 g/mol. The molecule has 1 rings (SSSR count). The number of hydrogen-bond donors (Lipinski definition) is 1. The highest BCUT2D eigenvalue weighted by molar-refractivity contribution is 5.99. The monoisotopic (exact) mass is 214 g/mol. The Morgan fingerprint density at radius 3 is 2.50 bits per heavy atom. The predicted octanol–water partition coefficient (Wildman–Crippen LogP) is 2.66. The van der Waals surface area contributed by atoms with Crippen molar-refractivity contribution in [3.63, 3.8) is 0 Å². The summed E-state index contributed by atoms with van der Waals surface area (Å²) in [5.41, 5.74) is 2.64. The summed E-state index contributed by atoms with van der Waals surface area (Å²) >= 11 is 0. The molecule has 0 atom stereocenters. The summed E-state index contributed by atoms with van der Waals surface area (Å²) < 4.78 is 0. The number of hydrogen-bond acceptors (Lipinski definition) is 2. The van der Waals surface area contributed by atoms with Crippen molar-refractivity contribution < 1.29 is 4.79 Å². The number of nitriles is 1. The van der Waals surface area contributed by atoms with Crippen molar-refractivity contribution in [2.24, 2.45) is 0 Å². The molecule has 3 nitrogen and oxygen atoms in total. The normalized spacial score (nSPS) is 9.06. The fourth-order valence-electron chi connectivity index (χ4n) is 1.24. The van der Waals surface area contributed by atoms with Crippen molar-refractivity contribution in [2.75, 3.05) is 5.32 Å². The van der Waals surface area contributed by atoms with Gasteiger partial charge in [-0.2, -0.15) is 5.26 Å². The van der Waals surface area contributed by atoms with Gasteiger partial charge in [-0.05, 0) is 31.5 Å². The average Bonchev–Trinajstić information content (AvgIpc) is 2.20. The van der Waals surface area contributed by atoms with Crippen LogP contribution in [0.4, 0.5) is 5.69 Å². The molecular weight excluding hydrogens is 200 g/mol. The van der Waals surface area contributed by atoms with Crippen molar-refractivity contribution in [1.29, 1.82) is 5.26 Å². The highest BCUT2D eigenvalue weighted by atomic mass is 16.1. The van der Waals surface area contributed by atoms with E-state index in [1.165, 1.54) is 0 Å². The molecule has 1 amide bonds. The first-order valence-corrected chi connectivity index (χ1v) is 5.03. The minimum atomic E-state index is -0.131. The van der Waals surface area contributed by atoms with Crippen LogP contribution in [0.2, 0.25) is 0 Å². The van der Waals surface area contributed by atoms with Crippen LogP contribution in [0.3, 0.4) is 0 Å². The number of benzene rings is 1. The van der Waals surface area contributed by atoms with E-state index in [1.807, 2.05) is 26.0 Å². The van der Waals surface area contributed by atoms with E-state index in [-0.39, 0.29) is 5.91 Å². The molecule has 0 heterocycles. The first-order chi connectivity index (χ1) is 7.61. The third-order valence-electron chi connectivity index (χ3n) is 1.92. The van der Waals surface area contributed by atoms with Crippen molar-refractivity contribution in [1.82, 2.24) is 0 Å². The second-order valence-electron chi connectivity index (χ2n) is 3.74. The van der Waals surface area contributed by atoms with Gasteiger partial charge in [0.05, 0.1) is 12.5 Å². The lowest BCUT2D eigenvalue weighted by Crippen LogP contribution is -2.08. The molecule has 0 spiro atoms. The van der Waals surface area contributed by atoms with Gasteiger partial charge in [0.25, 0.3) is 0 Å².